The minimum Gasteiger partial charge on any atom is -0.423 e. The maximum atomic E-state index is 11.2. The van der Waals surface area contributed by atoms with Gasteiger partial charge in [0.1, 0.15) is 0 Å². The monoisotopic (exact) mass is 204 g/mol. The van der Waals surface area contributed by atoms with Crippen LogP contribution in [0.4, 0.5) is 0 Å². The van der Waals surface area contributed by atoms with Gasteiger partial charge in [-0.15, -0.1) is 0 Å². The van der Waals surface area contributed by atoms with Crippen molar-refractivity contribution in [2.75, 3.05) is 0 Å². The summed E-state index contributed by atoms with van der Waals surface area (Å²) in [7, 11) is -1.58. The number of pyridine rings is 1. The number of aromatic nitrogens is 2. The number of carbonyl (C=O) groups excluding carboxylic acids is 1. The van der Waals surface area contributed by atoms with Gasteiger partial charge in [-0.3, -0.25) is 14.3 Å². The summed E-state index contributed by atoms with van der Waals surface area (Å²) in [4.78, 5) is 15.1. The van der Waals surface area contributed by atoms with E-state index in [2.05, 4.69) is 4.98 Å². The van der Waals surface area contributed by atoms with Crippen LogP contribution in [0.5, 0.6) is 0 Å². The molecule has 5 nitrogen and oxygen atoms in total. The Hall–Kier alpha value is -1.66. The summed E-state index contributed by atoms with van der Waals surface area (Å²) < 4.78 is 1.41. The summed E-state index contributed by atoms with van der Waals surface area (Å²) >= 11 is 0. The topological polar surface area (TPSA) is 75.4 Å². The lowest BCUT2D eigenvalue weighted by Gasteiger charge is -2.02. The molecule has 6 heteroatoms. The van der Waals surface area contributed by atoms with Crippen molar-refractivity contribution in [1.82, 2.24) is 9.55 Å². The Labute approximate surface area is 86.1 Å². The quantitative estimate of drug-likeness (QED) is 0.606. The molecule has 0 aliphatic rings. The maximum absolute atomic E-state index is 11.2. The van der Waals surface area contributed by atoms with Crippen LogP contribution in [0.3, 0.4) is 0 Å². The van der Waals surface area contributed by atoms with Crippen LogP contribution in [0.2, 0.25) is 0 Å². The highest BCUT2D eigenvalue weighted by Gasteiger charge is 2.17. The molecular formula is C9H9BN2O3. The highest BCUT2D eigenvalue weighted by atomic mass is 16.4. The zero-order valence-electron chi connectivity index (χ0n) is 8.08. The molecule has 0 fully saturated rings. The number of fused-ring (bicyclic) bond motifs is 1. The molecule has 0 spiro atoms. The number of hydrogen-bond donors (Lipinski definition) is 2. The van der Waals surface area contributed by atoms with Crippen molar-refractivity contribution >= 4 is 29.4 Å². The molecule has 0 saturated carbocycles. The van der Waals surface area contributed by atoms with Crippen LogP contribution in [0.15, 0.2) is 24.7 Å². The molecule has 0 radical (unpaired) electrons. The van der Waals surface area contributed by atoms with E-state index in [1.807, 2.05) is 0 Å². The molecule has 2 aromatic heterocycles. The molecule has 15 heavy (non-hydrogen) atoms. The average Bonchev–Trinajstić information content (AvgIpc) is 2.59. The smallest absolute Gasteiger partial charge is 0.423 e. The van der Waals surface area contributed by atoms with Crippen molar-refractivity contribution in [3.8, 4) is 0 Å². The molecule has 0 atom stereocenters. The standard InChI is InChI=1S/C9H9BN2O3/c1-6(13)12-3-2-7-8(10(14)15)4-11-5-9(7)12/h2-5,14-15H,1H3. The number of nitrogens with zero attached hydrogens (tertiary/aromatic N) is 2. The number of rotatable bonds is 1. The third-order valence-electron chi connectivity index (χ3n) is 2.26. The minimum atomic E-state index is -1.58. The van der Waals surface area contributed by atoms with E-state index >= 15 is 0 Å². The van der Waals surface area contributed by atoms with Crippen LogP contribution in [0.25, 0.3) is 10.9 Å². The van der Waals surface area contributed by atoms with Crippen LogP contribution in [0.1, 0.15) is 11.7 Å². The zero-order valence-corrected chi connectivity index (χ0v) is 8.08. The summed E-state index contributed by atoms with van der Waals surface area (Å²) in [6.07, 6.45) is 4.47. The molecule has 0 aliphatic heterocycles. The highest BCUT2D eigenvalue weighted by molar-refractivity contribution is 6.61. The Morgan fingerprint density at radius 2 is 2.20 bits per heavy atom. The average molecular weight is 204 g/mol. The second kappa shape index (κ2) is 3.49. The Bertz CT molecular complexity index is 521. The Kier molecular flexibility index (Phi) is 2.30. The molecule has 0 saturated heterocycles. The van der Waals surface area contributed by atoms with Gasteiger partial charge in [0.05, 0.1) is 11.7 Å². The fourth-order valence-electron chi connectivity index (χ4n) is 1.56. The molecule has 2 heterocycles. The van der Waals surface area contributed by atoms with Crippen LogP contribution in [0, 0.1) is 0 Å². The predicted molar refractivity (Wildman–Crippen MR) is 55.9 cm³/mol. The van der Waals surface area contributed by atoms with Gasteiger partial charge in [-0.25, -0.2) is 0 Å². The predicted octanol–water partition coefficient (Wildman–Crippen LogP) is -0.624. The summed E-state index contributed by atoms with van der Waals surface area (Å²) in [5.41, 5.74) is 0.876. The van der Waals surface area contributed by atoms with E-state index in [0.29, 0.717) is 16.4 Å². The van der Waals surface area contributed by atoms with Gasteiger partial charge in [-0.2, -0.15) is 0 Å². The van der Waals surface area contributed by atoms with Gasteiger partial charge in [0.2, 0.25) is 5.91 Å². The molecule has 0 amide bonds. The summed E-state index contributed by atoms with van der Waals surface area (Å²) in [6.45, 7) is 1.43. The zero-order chi connectivity index (χ0) is 11.0. The van der Waals surface area contributed by atoms with E-state index in [1.54, 1.807) is 12.3 Å². The summed E-state index contributed by atoms with van der Waals surface area (Å²) in [6, 6.07) is 1.66. The van der Waals surface area contributed by atoms with Crippen molar-refractivity contribution in [2.24, 2.45) is 0 Å². The molecule has 0 aliphatic carbocycles. The lowest BCUT2D eigenvalue weighted by Crippen LogP contribution is -2.30. The maximum Gasteiger partial charge on any atom is 0.490 e. The third kappa shape index (κ3) is 1.53. The van der Waals surface area contributed by atoms with Gasteiger partial charge in [-0.05, 0) is 6.07 Å². The van der Waals surface area contributed by atoms with Crippen molar-refractivity contribution in [1.29, 1.82) is 0 Å². The fraction of sp³-hybridized carbons (Fsp3) is 0.111. The molecule has 2 rings (SSSR count). The van der Waals surface area contributed by atoms with Crippen LogP contribution in [-0.2, 0) is 0 Å². The van der Waals surface area contributed by atoms with Crippen molar-refractivity contribution < 1.29 is 14.8 Å². The third-order valence-corrected chi connectivity index (χ3v) is 2.26. The minimum absolute atomic E-state index is 0.142. The Morgan fingerprint density at radius 3 is 2.80 bits per heavy atom. The van der Waals surface area contributed by atoms with Gasteiger partial charge in [0.15, 0.2) is 0 Å². The van der Waals surface area contributed by atoms with Crippen LogP contribution < -0.4 is 5.46 Å². The first-order chi connectivity index (χ1) is 7.11. The van der Waals surface area contributed by atoms with Gasteiger partial charge in [0, 0.05) is 30.2 Å². The summed E-state index contributed by atoms with van der Waals surface area (Å²) in [5.74, 6) is -0.142. The Morgan fingerprint density at radius 1 is 1.47 bits per heavy atom. The second-order valence-corrected chi connectivity index (χ2v) is 3.24. The molecule has 2 aromatic rings. The lowest BCUT2D eigenvalue weighted by atomic mass is 9.79. The number of hydrogen-bond acceptors (Lipinski definition) is 4. The molecule has 0 bridgehead atoms. The molecule has 0 unspecified atom stereocenters. The molecule has 76 valence electrons. The first-order valence-corrected chi connectivity index (χ1v) is 4.43. The van der Waals surface area contributed by atoms with Crippen LogP contribution >= 0.6 is 0 Å². The molecule has 0 aromatic carbocycles. The molecule has 2 N–H and O–H groups in total. The number of carbonyl (C=O) groups is 1. The van der Waals surface area contributed by atoms with Gasteiger partial charge >= 0.3 is 7.12 Å². The van der Waals surface area contributed by atoms with E-state index in [1.165, 1.54) is 23.9 Å². The van der Waals surface area contributed by atoms with Gasteiger partial charge in [-0.1, -0.05) is 0 Å². The van der Waals surface area contributed by atoms with E-state index in [0.717, 1.165) is 0 Å². The first kappa shape index (κ1) is 9.88. The second-order valence-electron chi connectivity index (χ2n) is 3.24. The normalized spacial score (nSPS) is 10.6. The fourth-order valence-corrected chi connectivity index (χ4v) is 1.56. The van der Waals surface area contributed by atoms with E-state index < -0.39 is 7.12 Å². The Balaban J connectivity index is 2.74. The highest BCUT2D eigenvalue weighted by Crippen LogP contribution is 2.12. The van der Waals surface area contributed by atoms with Gasteiger partial charge < -0.3 is 10.0 Å². The van der Waals surface area contributed by atoms with Crippen LogP contribution in [-0.4, -0.2) is 32.6 Å². The first-order valence-electron chi connectivity index (χ1n) is 4.43. The van der Waals surface area contributed by atoms with Crippen molar-refractivity contribution in [2.45, 2.75) is 6.92 Å². The van der Waals surface area contributed by atoms with E-state index in [-0.39, 0.29) is 5.91 Å². The van der Waals surface area contributed by atoms with Crippen molar-refractivity contribution in [3.63, 3.8) is 0 Å². The van der Waals surface area contributed by atoms with E-state index in [4.69, 9.17) is 10.0 Å². The SMILES string of the molecule is CC(=O)n1ccc2c(B(O)O)cncc21. The van der Waals surface area contributed by atoms with Gasteiger partial charge in [0.25, 0.3) is 0 Å². The molecular weight excluding hydrogens is 195 g/mol. The lowest BCUT2D eigenvalue weighted by molar-refractivity contribution is 0.0941. The summed E-state index contributed by atoms with van der Waals surface area (Å²) in [5, 5.41) is 18.8. The van der Waals surface area contributed by atoms with Crippen molar-refractivity contribution in [3.05, 3.63) is 24.7 Å². The van der Waals surface area contributed by atoms with E-state index in [9.17, 15) is 4.79 Å². The largest absolute Gasteiger partial charge is 0.490 e.